The number of hydrogen-bond acceptors (Lipinski definition) is 2. The van der Waals surface area contributed by atoms with Crippen molar-refractivity contribution in [3.63, 3.8) is 0 Å². The summed E-state index contributed by atoms with van der Waals surface area (Å²) in [6.07, 6.45) is 5.12. The Labute approximate surface area is 106 Å². The molecule has 1 fully saturated rings. The smallest absolute Gasteiger partial charge is 0.139 e. The van der Waals surface area contributed by atoms with Crippen LogP contribution >= 0.6 is 11.6 Å². The highest BCUT2D eigenvalue weighted by atomic mass is 35.5. The highest BCUT2D eigenvalue weighted by Gasteiger charge is 2.15. The lowest BCUT2D eigenvalue weighted by Crippen LogP contribution is -2.15. The predicted octanol–water partition coefficient (Wildman–Crippen LogP) is 4.24. The molecule has 1 heterocycles. The minimum Gasteiger partial charge on any atom is -0.367 e. The van der Waals surface area contributed by atoms with Crippen molar-refractivity contribution >= 4 is 28.2 Å². The predicted molar refractivity (Wildman–Crippen MR) is 72.6 cm³/mol. The Hall–Kier alpha value is -1.28. The lowest BCUT2D eigenvalue weighted by atomic mass is 10.1. The van der Waals surface area contributed by atoms with E-state index < -0.39 is 0 Å². The van der Waals surface area contributed by atoms with Gasteiger partial charge in [-0.25, -0.2) is 4.98 Å². The van der Waals surface area contributed by atoms with Crippen LogP contribution in [0.5, 0.6) is 0 Å². The van der Waals surface area contributed by atoms with Crippen LogP contribution in [0.25, 0.3) is 10.8 Å². The van der Waals surface area contributed by atoms with E-state index in [1.807, 2.05) is 18.2 Å². The molecule has 88 valence electrons. The summed E-state index contributed by atoms with van der Waals surface area (Å²) in [6.45, 7) is 0. The summed E-state index contributed by atoms with van der Waals surface area (Å²) >= 11 is 6.20. The van der Waals surface area contributed by atoms with Gasteiger partial charge < -0.3 is 5.32 Å². The van der Waals surface area contributed by atoms with Crippen LogP contribution in [0.2, 0.25) is 5.15 Å². The molecule has 0 saturated heterocycles. The second-order valence-electron chi connectivity index (χ2n) is 4.65. The fourth-order valence-corrected chi connectivity index (χ4v) is 2.77. The lowest BCUT2D eigenvalue weighted by molar-refractivity contribution is 0.751. The number of rotatable bonds is 2. The summed E-state index contributed by atoms with van der Waals surface area (Å²) in [4.78, 5) is 4.42. The molecular formula is C14H15ClN2. The van der Waals surface area contributed by atoms with E-state index in [9.17, 15) is 0 Å². The summed E-state index contributed by atoms with van der Waals surface area (Å²) in [5, 5.41) is 6.23. The highest BCUT2D eigenvalue weighted by molar-refractivity contribution is 6.34. The third kappa shape index (κ3) is 2.22. The average Bonchev–Trinajstić information content (AvgIpc) is 2.82. The summed E-state index contributed by atoms with van der Waals surface area (Å²) in [5.41, 5.74) is 0. The molecule has 3 rings (SSSR count). The zero-order chi connectivity index (χ0) is 11.7. The van der Waals surface area contributed by atoms with Gasteiger partial charge in [-0.15, -0.1) is 0 Å². The van der Waals surface area contributed by atoms with E-state index in [4.69, 9.17) is 11.6 Å². The van der Waals surface area contributed by atoms with Gasteiger partial charge in [-0.05, 0) is 24.3 Å². The number of nitrogens with zero attached hydrogens (tertiary/aromatic N) is 1. The molecule has 2 nitrogen and oxygen atoms in total. The van der Waals surface area contributed by atoms with Crippen LogP contribution in [0.3, 0.4) is 0 Å². The lowest BCUT2D eigenvalue weighted by Gasteiger charge is -2.13. The number of aromatic nitrogens is 1. The summed E-state index contributed by atoms with van der Waals surface area (Å²) in [7, 11) is 0. The Morgan fingerprint density at radius 2 is 1.94 bits per heavy atom. The number of anilines is 1. The van der Waals surface area contributed by atoms with Crippen molar-refractivity contribution in [2.24, 2.45) is 0 Å². The second-order valence-corrected chi connectivity index (χ2v) is 5.00. The van der Waals surface area contributed by atoms with E-state index in [0.717, 1.165) is 16.6 Å². The summed E-state index contributed by atoms with van der Waals surface area (Å²) < 4.78 is 0. The van der Waals surface area contributed by atoms with Gasteiger partial charge in [0.25, 0.3) is 0 Å². The normalized spacial score (nSPS) is 16.5. The molecule has 0 spiro atoms. The van der Waals surface area contributed by atoms with Gasteiger partial charge in [0.1, 0.15) is 11.0 Å². The van der Waals surface area contributed by atoms with Gasteiger partial charge >= 0.3 is 0 Å². The van der Waals surface area contributed by atoms with Crippen molar-refractivity contribution in [3.8, 4) is 0 Å². The fourth-order valence-electron chi connectivity index (χ4n) is 2.51. The van der Waals surface area contributed by atoms with Crippen LogP contribution in [0.15, 0.2) is 30.3 Å². The molecule has 0 amide bonds. The maximum absolute atomic E-state index is 6.20. The van der Waals surface area contributed by atoms with Crippen molar-refractivity contribution in [1.29, 1.82) is 0 Å². The summed E-state index contributed by atoms with van der Waals surface area (Å²) in [5.74, 6) is 0.903. The van der Waals surface area contributed by atoms with Crippen LogP contribution in [0.1, 0.15) is 25.7 Å². The maximum Gasteiger partial charge on any atom is 0.139 e. The molecule has 1 aliphatic carbocycles. The number of hydrogen-bond donors (Lipinski definition) is 1. The van der Waals surface area contributed by atoms with E-state index >= 15 is 0 Å². The van der Waals surface area contributed by atoms with Crippen LogP contribution in [-0.4, -0.2) is 11.0 Å². The number of fused-ring (bicyclic) bond motifs is 1. The Kier molecular flexibility index (Phi) is 2.89. The van der Waals surface area contributed by atoms with Gasteiger partial charge in [-0.3, -0.25) is 0 Å². The minimum absolute atomic E-state index is 0.569. The molecule has 1 N–H and O–H groups in total. The second kappa shape index (κ2) is 4.53. The van der Waals surface area contributed by atoms with E-state index in [2.05, 4.69) is 22.4 Å². The van der Waals surface area contributed by atoms with Gasteiger partial charge in [0.05, 0.1) is 0 Å². The molecular weight excluding hydrogens is 232 g/mol. The first-order chi connectivity index (χ1) is 8.33. The van der Waals surface area contributed by atoms with Crippen molar-refractivity contribution in [3.05, 3.63) is 35.5 Å². The first-order valence-corrected chi connectivity index (χ1v) is 6.52. The standard InChI is InChI=1S/C14H15ClN2/c15-14-12-8-4-1-5-10(12)9-13(17-14)16-11-6-2-3-7-11/h1,4-5,8-9,11H,2-3,6-7H2,(H,16,17). The Morgan fingerprint density at radius 3 is 2.76 bits per heavy atom. The Bertz CT molecular complexity index is 533. The zero-order valence-electron chi connectivity index (χ0n) is 9.62. The monoisotopic (exact) mass is 246 g/mol. The SMILES string of the molecule is Clc1nc(NC2CCCC2)cc2ccccc12. The molecule has 0 bridgehead atoms. The number of halogens is 1. The minimum atomic E-state index is 0.569. The summed E-state index contributed by atoms with van der Waals surface area (Å²) in [6, 6.07) is 10.7. The highest BCUT2D eigenvalue weighted by Crippen LogP contribution is 2.27. The van der Waals surface area contributed by atoms with Crippen LogP contribution < -0.4 is 5.32 Å². The van der Waals surface area contributed by atoms with Crippen molar-refractivity contribution in [2.75, 3.05) is 5.32 Å². The number of benzene rings is 1. The Morgan fingerprint density at radius 1 is 1.18 bits per heavy atom. The molecule has 0 aliphatic heterocycles. The van der Waals surface area contributed by atoms with Crippen LogP contribution in [0, 0.1) is 0 Å². The fraction of sp³-hybridized carbons (Fsp3) is 0.357. The molecule has 2 aromatic rings. The number of pyridine rings is 1. The van der Waals surface area contributed by atoms with Gasteiger partial charge in [0.2, 0.25) is 0 Å². The van der Waals surface area contributed by atoms with Crippen molar-refractivity contribution < 1.29 is 0 Å². The van der Waals surface area contributed by atoms with E-state index in [1.165, 1.54) is 25.7 Å². The van der Waals surface area contributed by atoms with Gasteiger partial charge in [-0.2, -0.15) is 0 Å². The molecule has 1 aliphatic rings. The van der Waals surface area contributed by atoms with Crippen molar-refractivity contribution in [2.45, 2.75) is 31.7 Å². The van der Waals surface area contributed by atoms with Crippen LogP contribution in [0.4, 0.5) is 5.82 Å². The maximum atomic E-state index is 6.20. The van der Waals surface area contributed by atoms with Crippen LogP contribution in [-0.2, 0) is 0 Å². The molecule has 0 atom stereocenters. The van der Waals surface area contributed by atoms with E-state index in [-0.39, 0.29) is 0 Å². The largest absolute Gasteiger partial charge is 0.367 e. The average molecular weight is 247 g/mol. The van der Waals surface area contributed by atoms with Gasteiger partial charge in [0, 0.05) is 11.4 Å². The third-order valence-electron chi connectivity index (χ3n) is 3.40. The molecule has 0 unspecified atom stereocenters. The third-order valence-corrected chi connectivity index (χ3v) is 3.69. The number of nitrogens with one attached hydrogen (secondary N) is 1. The Balaban J connectivity index is 1.94. The molecule has 1 aromatic heterocycles. The first-order valence-electron chi connectivity index (χ1n) is 6.15. The van der Waals surface area contributed by atoms with Crippen molar-refractivity contribution in [1.82, 2.24) is 4.98 Å². The molecule has 17 heavy (non-hydrogen) atoms. The quantitative estimate of drug-likeness (QED) is 0.802. The van der Waals surface area contributed by atoms with E-state index in [0.29, 0.717) is 11.2 Å². The van der Waals surface area contributed by atoms with Gasteiger partial charge in [-0.1, -0.05) is 48.7 Å². The van der Waals surface area contributed by atoms with Gasteiger partial charge in [0.15, 0.2) is 0 Å². The first kappa shape index (κ1) is 10.8. The molecule has 1 saturated carbocycles. The van der Waals surface area contributed by atoms with E-state index in [1.54, 1.807) is 0 Å². The topological polar surface area (TPSA) is 24.9 Å². The molecule has 3 heteroatoms. The molecule has 0 radical (unpaired) electrons. The molecule has 1 aromatic carbocycles. The zero-order valence-corrected chi connectivity index (χ0v) is 10.4.